The van der Waals surface area contributed by atoms with Crippen LogP contribution in [0, 0.1) is 0 Å². The first kappa shape index (κ1) is 24.9. The van der Waals surface area contributed by atoms with Crippen LogP contribution in [0.5, 0.6) is 0 Å². The molecule has 1 saturated heterocycles. The molecular weight excluding hydrogens is 462 g/mol. The van der Waals surface area contributed by atoms with E-state index in [4.69, 9.17) is 0 Å². The van der Waals surface area contributed by atoms with Crippen LogP contribution in [-0.4, -0.2) is 53.7 Å². The first-order valence-electron chi connectivity index (χ1n) is 12.1. The van der Waals surface area contributed by atoms with Gasteiger partial charge in [0.2, 0.25) is 11.8 Å². The van der Waals surface area contributed by atoms with Crippen LogP contribution in [0.2, 0.25) is 0 Å². The summed E-state index contributed by atoms with van der Waals surface area (Å²) in [6.45, 7) is 3.04. The number of nitrogens with one attached hydrogen (secondary N) is 4. The highest BCUT2D eigenvalue weighted by Crippen LogP contribution is 2.32. The second kappa shape index (κ2) is 11.0. The van der Waals surface area contributed by atoms with E-state index in [0.717, 1.165) is 22.6 Å². The van der Waals surface area contributed by atoms with Gasteiger partial charge in [0.1, 0.15) is 6.04 Å². The summed E-state index contributed by atoms with van der Waals surface area (Å²) in [5, 5.41) is 11.1. The molecular formula is C26H29N5O5. The number of aryl methyl sites for hydroxylation is 1. The van der Waals surface area contributed by atoms with Crippen molar-refractivity contribution in [1.82, 2.24) is 15.5 Å². The van der Waals surface area contributed by atoms with Crippen molar-refractivity contribution in [2.24, 2.45) is 0 Å². The number of carbonyl (C=O) groups excluding carboxylic acids is 5. The quantitative estimate of drug-likeness (QED) is 0.314. The molecule has 4 N–H and O–H groups in total. The van der Waals surface area contributed by atoms with Crippen molar-refractivity contribution >= 4 is 41.0 Å². The van der Waals surface area contributed by atoms with Crippen molar-refractivity contribution in [2.45, 2.75) is 45.1 Å². The molecule has 2 aliphatic rings. The van der Waals surface area contributed by atoms with Crippen LogP contribution in [0.25, 0.3) is 0 Å². The summed E-state index contributed by atoms with van der Waals surface area (Å²) in [6.07, 6.45) is 2.44. The molecule has 0 aliphatic carbocycles. The van der Waals surface area contributed by atoms with Crippen LogP contribution in [0.1, 0.15) is 58.9 Å². The number of imide groups is 2. The molecule has 36 heavy (non-hydrogen) atoms. The molecule has 1 atom stereocenters. The zero-order chi connectivity index (χ0) is 25.7. The van der Waals surface area contributed by atoms with Crippen LogP contribution < -0.4 is 21.3 Å². The highest BCUT2D eigenvalue weighted by Gasteiger charge is 2.45. The van der Waals surface area contributed by atoms with Gasteiger partial charge in [-0.2, -0.15) is 0 Å². The normalized spacial score (nSPS) is 17.0. The Labute approximate surface area is 208 Å². The van der Waals surface area contributed by atoms with Crippen molar-refractivity contribution in [3.63, 3.8) is 0 Å². The number of urea groups is 1. The van der Waals surface area contributed by atoms with Crippen molar-refractivity contribution in [1.29, 1.82) is 0 Å². The van der Waals surface area contributed by atoms with Gasteiger partial charge in [-0.15, -0.1) is 0 Å². The Balaban J connectivity index is 1.27. The Hall–Kier alpha value is -4.21. The van der Waals surface area contributed by atoms with E-state index in [2.05, 4.69) is 21.3 Å². The molecule has 0 radical (unpaired) electrons. The maximum atomic E-state index is 13.1. The maximum Gasteiger partial charge on any atom is 0.319 e. The van der Waals surface area contributed by atoms with Crippen molar-refractivity contribution in [2.75, 3.05) is 23.7 Å². The number of fused-ring (bicyclic) bond motifs is 1. The van der Waals surface area contributed by atoms with Gasteiger partial charge >= 0.3 is 6.03 Å². The summed E-state index contributed by atoms with van der Waals surface area (Å²) in [5.74, 6) is -2.12. The van der Waals surface area contributed by atoms with E-state index in [-0.39, 0.29) is 30.0 Å². The Morgan fingerprint density at radius 3 is 2.50 bits per heavy atom. The number of anilines is 2. The first-order valence-corrected chi connectivity index (χ1v) is 12.1. The number of unbranched alkanes of at least 4 members (excludes halogenated alkanes) is 1. The van der Waals surface area contributed by atoms with E-state index < -0.39 is 29.7 Å². The third-order valence-corrected chi connectivity index (χ3v) is 6.32. The molecule has 10 nitrogen and oxygen atoms in total. The van der Waals surface area contributed by atoms with Crippen LogP contribution in [0.4, 0.5) is 16.2 Å². The predicted octanol–water partition coefficient (Wildman–Crippen LogP) is 2.66. The lowest BCUT2D eigenvalue weighted by molar-refractivity contribution is -0.136. The fourth-order valence-corrected chi connectivity index (χ4v) is 4.45. The maximum absolute atomic E-state index is 13.1. The van der Waals surface area contributed by atoms with E-state index in [9.17, 15) is 24.0 Å². The van der Waals surface area contributed by atoms with Crippen molar-refractivity contribution in [3.8, 4) is 0 Å². The molecule has 0 spiro atoms. The molecule has 1 fully saturated rings. The summed E-state index contributed by atoms with van der Waals surface area (Å²) in [5.41, 5.74) is 2.85. The van der Waals surface area contributed by atoms with Gasteiger partial charge < -0.3 is 16.0 Å². The molecule has 0 aromatic heterocycles. The summed E-state index contributed by atoms with van der Waals surface area (Å²) in [7, 11) is 0. The van der Waals surface area contributed by atoms with E-state index in [1.54, 1.807) is 18.2 Å². The SMILES string of the molecule is CCc1ccccc1NC(=O)NCCCCNc1cccc2c1C(=O)N(C1CCC(=O)NC1=O)C2=O. The number of piperidine rings is 1. The molecule has 6 amide bonds. The third kappa shape index (κ3) is 5.22. The minimum atomic E-state index is -0.996. The van der Waals surface area contributed by atoms with E-state index in [0.29, 0.717) is 31.6 Å². The number of nitrogens with zero attached hydrogens (tertiary/aromatic N) is 1. The molecule has 2 heterocycles. The van der Waals surface area contributed by atoms with Crippen LogP contribution in [0.15, 0.2) is 42.5 Å². The van der Waals surface area contributed by atoms with Gasteiger partial charge in [0.15, 0.2) is 0 Å². The second-order valence-electron chi connectivity index (χ2n) is 8.70. The third-order valence-electron chi connectivity index (χ3n) is 6.32. The number of hydrogen-bond acceptors (Lipinski definition) is 6. The summed E-state index contributed by atoms with van der Waals surface area (Å²) < 4.78 is 0. The van der Waals surface area contributed by atoms with E-state index in [1.807, 2.05) is 31.2 Å². The van der Waals surface area contributed by atoms with Gasteiger partial charge in [0.25, 0.3) is 11.8 Å². The van der Waals surface area contributed by atoms with Crippen molar-refractivity contribution in [3.05, 3.63) is 59.2 Å². The predicted molar refractivity (Wildman–Crippen MR) is 134 cm³/mol. The summed E-state index contributed by atoms with van der Waals surface area (Å²) >= 11 is 0. The fourth-order valence-electron chi connectivity index (χ4n) is 4.45. The number of rotatable bonds is 9. The van der Waals surface area contributed by atoms with Gasteiger partial charge in [-0.3, -0.25) is 29.4 Å². The Kier molecular flexibility index (Phi) is 7.62. The number of amides is 6. The van der Waals surface area contributed by atoms with Gasteiger partial charge in [-0.05, 0) is 49.4 Å². The lowest BCUT2D eigenvalue weighted by Gasteiger charge is -2.27. The van der Waals surface area contributed by atoms with Gasteiger partial charge in [-0.1, -0.05) is 31.2 Å². The topological polar surface area (TPSA) is 137 Å². The van der Waals surface area contributed by atoms with E-state index >= 15 is 0 Å². The molecule has 1 unspecified atom stereocenters. The Bertz CT molecular complexity index is 1210. The van der Waals surface area contributed by atoms with Gasteiger partial charge in [0.05, 0.1) is 11.1 Å². The summed E-state index contributed by atoms with van der Waals surface area (Å²) in [4.78, 5) is 62.8. The lowest BCUT2D eigenvalue weighted by Crippen LogP contribution is -2.54. The van der Waals surface area contributed by atoms with Crippen LogP contribution in [0.3, 0.4) is 0 Å². The smallest absolute Gasteiger partial charge is 0.319 e. The highest BCUT2D eigenvalue weighted by molar-refractivity contribution is 6.25. The molecule has 188 valence electrons. The van der Waals surface area contributed by atoms with Crippen LogP contribution in [-0.2, 0) is 16.0 Å². The number of benzene rings is 2. The fraction of sp³-hybridized carbons (Fsp3) is 0.346. The minimum Gasteiger partial charge on any atom is -0.384 e. The first-order chi connectivity index (χ1) is 17.4. The Morgan fingerprint density at radius 1 is 0.972 bits per heavy atom. The van der Waals surface area contributed by atoms with Crippen molar-refractivity contribution < 1.29 is 24.0 Å². The zero-order valence-corrected chi connectivity index (χ0v) is 20.1. The minimum absolute atomic E-state index is 0.0755. The molecule has 2 aromatic rings. The zero-order valence-electron chi connectivity index (χ0n) is 20.1. The molecule has 0 saturated carbocycles. The molecule has 4 rings (SSSR count). The highest BCUT2D eigenvalue weighted by atomic mass is 16.2. The Morgan fingerprint density at radius 2 is 1.72 bits per heavy atom. The second-order valence-corrected chi connectivity index (χ2v) is 8.70. The van der Waals surface area contributed by atoms with Crippen LogP contribution >= 0.6 is 0 Å². The average molecular weight is 492 g/mol. The lowest BCUT2D eigenvalue weighted by atomic mass is 10.0. The average Bonchev–Trinajstić information content (AvgIpc) is 3.12. The number of carbonyl (C=O) groups is 5. The number of hydrogen-bond donors (Lipinski definition) is 4. The van der Waals surface area contributed by atoms with Gasteiger partial charge in [-0.25, -0.2) is 4.79 Å². The molecule has 2 aromatic carbocycles. The number of para-hydroxylation sites is 1. The summed E-state index contributed by atoms with van der Waals surface area (Å²) in [6, 6.07) is 11.4. The van der Waals surface area contributed by atoms with E-state index in [1.165, 1.54) is 0 Å². The standard InChI is InChI=1S/C26H29N5O5/c1-2-16-8-3-4-10-18(16)29-26(36)28-15-6-5-14-27-19-11-7-9-17-22(19)25(35)31(24(17)34)20-12-13-21(32)30-23(20)33/h3-4,7-11,20,27H,2,5-6,12-15H2,1H3,(H2,28,29,36)(H,30,32,33). The largest absolute Gasteiger partial charge is 0.384 e. The monoisotopic (exact) mass is 491 g/mol. The van der Waals surface area contributed by atoms with Gasteiger partial charge in [0, 0.05) is 30.9 Å². The molecule has 2 aliphatic heterocycles. The molecule has 10 heteroatoms. The molecule has 0 bridgehead atoms.